The first kappa shape index (κ1) is 15.0. The van der Waals surface area contributed by atoms with E-state index in [1.807, 2.05) is 13.8 Å². The Bertz CT molecular complexity index is 528. The fraction of sp³-hybridized carbons (Fsp3) is 0.583. The van der Waals surface area contributed by atoms with Gasteiger partial charge in [-0.1, -0.05) is 15.9 Å². The number of hydrogen-bond donors (Lipinski definition) is 0. The van der Waals surface area contributed by atoms with E-state index >= 15 is 0 Å². The lowest BCUT2D eigenvalue weighted by molar-refractivity contribution is -0.402. The Kier molecular flexibility index (Phi) is 4.14. The highest BCUT2D eigenvalue weighted by atomic mass is 79.9. The number of amides is 1. The maximum Gasteiger partial charge on any atom is 0.433 e. The molecule has 1 aliphatic rings. The smallest absolute Gasteiger partial charge is 0.395 e. The van der Waals surface area contributed by atoms with Crippen LogP contribution in [-0.4, -0.2) is 45.9 Å². The molecule has 1 aromatic heterocycles. The third kappa shape index (κ3) is 3.18. The summed E-state index contributed by atoms with van der Waals surface area (Å²) in [7, 11) is 0. The van der Waals surface area contributed by atoms with E-state index in [1.54, 1.807) is 4.90 Å². The second kappa shape index (κ2) is 5.53. The zero-order chi connectivity index (χ0) is 14.9. The summed E-state index contributed by atoms with van der Waals surface area (Å²) in [5.41, 5.74) is -0.467. The van der Waals surface area contributed by atoms with Gasteiger partial charge >= 0.3 is 5.88 Å². The number of ether oxygens (including phenoxy) is 1. The molecule has 2 rings (SSSR count). The van der Waals surface area contributed by atoms with Crippen LogP contribution in [0, 0.1) is 10.1 Å². The summed E-state index contributed by atoms with van der Waals surface area (Å²) in [5.74, 6) is -0.818. The van der Waals surface area contributed by atoms with Crippen LogP contribution in [0.4, 0.5) is 5.88 Å². The molecule has 0 spiro atoms. The molecule has 1 aromatic rings. The molecular formula is C12H15BrN2O5. The fourth-order valence-corrected chi connectivity index (χ4v) is 2.56. The van der Waals surface area contributed by atoms with Crippen LogP contribution >= 0.6 is 15.9 Å². The molecule has 1 fully saturated rings. The Morgan fingerprint density at radius 3 is 2.85 bits per heavy atom. The van der Waals surface area contributed by atoms with Crippen molar-refractivity contribution < 1.29 is 18.9 Å². The SMILES string of the molecule is CC1(C)CN(C(=O)c2ccc([N+](=O)[O-])o2)CC(CBr)O1. The van der Waals surface area contributed by atoms with Crippen molar-refractivity contribution in [3.05, 3.63) is 28.0 Å². The molecule has 8 heteroatoms. The lowest BCUT2D eigenvalue weighted by Gasteiger charge is -2.42. The van der Waals surface area contributed by atoms with Crippen molar-refractivity contribution in [3.8, 4) is 0 Å². The lowest BCUT2D eigenvalue weighted by atomic mass is 10.1. The molecule has 20 heavy (non-hydrogen) atoms. The summed E-state index contributed by atoms with van der Waals surface area (Å²) in [5, 5.41) is 11.2. The Balaban J connectivity index is 2.16. The quantitative estimate of drug-likeness (QED) is 0.475. The highest BCUT2D eigenvalue weighted by Gasteiger charge is 2.36. The Morgan fingerprint density at radius 1 is 1.60 bits per heavy atom. The number of carbonyl (C=O) groups excluding carboxylic acids is 1. The predicted molar refractivity (Wildman–Crippen MR) is 74.0 cm³/mol. The summed E-state index contributed by atoms with van der Waals surface area (Å²) >= 11 is 3.34. The first-order chi connectivity index (χ1) is 9.32. The molecule has 1 amide bonds. The minimum Gasteiger partial charge on any atom is -0.395 e. The molecule has 0 saturated carbocycles. The van der Waals surface area contributed by atoms with E-state index < -0.39 is 16.4 Å². The van der Waals surface area contributed by atoms with Gasteiger partial charge in [-0.25, -0.2) is 0 Å². The van der Waals surface area contributed by atoms with Gasteiger partial charge in [-0.2, -0.15) is 0 Å². The van der Waals surface area contributed by atoms with Crippen LogP contribution in [0.1, 0.15) is 24.4 Å². The van der Waals surface area contributed by atoms with Gasteiger partial charge < -0.3 is 14.1 Å². The second-order valence-electron chi connectivity index (χ2n) is 5.23. The molecule has 1 saturated heterocycles. The lowest BCUT2D eigenvalue weighted by Crippen LogP contribution is -2.55. The number of carbonyl (C=O) groups is 1. The van der Waals surface area contributed by atoms with Crippen LogP contribution in [-0.2, 0) is 4.74 Å². The average molecular weight is 347 g/mol. The normalized spacial score (nSPS) is 21.8. The molecule has 1 aliphatic heterocycles. The number of halogens is 1. The second-order valence-corrected chi connectivity index (χ2v) is 5.88. The summed E-state index contributed by atoms with van der Waals surface area (Å²) in [6.07, 6.45) is -0.118. The van der Waals surface area contributed by atoms with Crippen LogP contribution in [0.2, 0.25) is 0 Å². The molecule has 1 atom stereocenters. The summed E-state index contributed by atoms with van der Waals surface area (Å²) in [4.78, 5) is 23.8. The van der Waals surface area contributed by atoms with Gasteiger partial charge in [-0.05, 0) is 19.9 Å². The van der Waals surface area contributed by atoms with Crippen molar-refractivity contribution in [2.24, 2.45) is 0 Å². The van der Waals surface area contributed by atoms with Crippen molar-refractivity contribution in [3.63, 3.8) is 0 Å². The average Bonchev–Trinajstić information content (AvgIpc) is 2.85. The molecule has 0 N–H and O–H groups in total. The standard InChI is InChI=1S/C12H15BrN2O5/c1-12(2)7-14(6-8(5-13)20-12)11(16)9-3-4-10(19-9)15(17)18/h3-4,8H,5-7H2,1-2H3. The maximum absolute atomic E-state index is 12.3. The van der Waals surface area contributed by atoms with E-state index in [0.717, 1.165) is 0 Å². The van der Waals surface area contributed by atoms with Gasteiger partial charge in [0, 0.05) is 18.4 Å². The highest BCUT2D eigenvalue weighted by Crippen LogP contribution is 2.25. The van der Waals surface area contributed by atoms with Crippen LogP contribution in [0.15, 0.2) is 16.5 Å². The third-order valence-electron chi connectivity index (χ3n) is 2.92. The molecule has 2 heterocycles. The van der Waals surface area contributed by atoms with Crippen LogP contribution in [0.5, 0.6) is 0 Å². The Morgan fingerprint density at radius 2 is 2.30 bits per heavy atom. The number of rotatable bonds is 3. The van der Waals surface area contributed by atoms with E-state index in [1.165, 1.54) is 12.1 Å². The molecule has 0 bridgehead atoms. The van der Waals surface area contributed by atoms with Gasteiger partial charge in [0.25, 0.3) is 5.91 Å². The van der Waals surface area contributed by atoms with E-state index in [2.05, 4.69) is 15.9 Å². The van der Waals surface area contributed by atoms with Gasteiger partial charge in [0.1, 0.15) is 4.92 Å². The highest BCUT2D eigenvalue weighted by molar-refractivity contribution is 9.09. The molecule has 0 aliphatic carbocycles. The third-order valence-corrected chi connectivity index (χ3v) is 3.65. The minimum atomic E-state index is -0.665. The zero-order valence-corrected chi connectivity index (χ0v) is 12.8. The van der Waals surface area contributed by atoms with Crippen molar-refractivity contribution in [1.29, 1.82) is 0 Å². The first-order valence-corrected chi connectivity index (χ1v) is 7.22. The van der Waals surface area contributed by atoms with Crippen LogP contribution < -0.4 is 0 Å². The van der Waals surface area contributed by atoms with Crippen molar-refractivity contribution in [2.75, 3.05) is 18.4 Å². The van der Waals surface area contributed by atoms with E-state index in [9.17, 15) is 14.9 Å². The first-order valence-electron chi connectivity index (χ1n) is 6.10. The van der Waals surface area contributed by atoms with Gasteiger partial charge in [0.15, 0.2) is 5.76 Å². The van der Waals surface area contributed by atoms with Crippen molar-refractivity contribution >= 4 is 27.7 Å². The topological polar surface area (TPSA) is 85.8 Å². The largest absolute Gasteiger partial charge is 0.433 e. The summed E-state index contributed by atoms with van der Waals surface area (Å²) in [6.45, 7) is 4.62. The van der Waals surface area contributed by atoms with Gasteiger partial charge in [-0.3, -0.25) is 14.9 Å². The Hall–Kier alpha value is -1.41. The molecule has 1 unspecified atom stereocenters. The predicted octanol–water partition coefficient (Wildman–Crippen LogP) is 2.20. The van der Waals surface area contributed by atoms with Gasteiger partial charge in [0.05, 0.1) is 17.8 Å². The number of furan rings is 1. The summed E-state index contributed by atoms with van der Waals surface area (Å²) < 4.78 is 10.8. The van der Waals surface area contributed by atoms with E-state index in [-0.39, 0.29) is 17.8 Å². The number of morpholine rings is 1. The molecule has 0 radical (unpaired) electrons. The van der Waals surface area contributed by atoms with Crippen LogP contribution in [0.25, 0.3) is 0 Å². The van der Waals surface area contributed by atoms with E-state index in [4.69, 9.17) is 9.15 Å². The molecule has 7 nitrogen and oxygen atoms in total. The van der Waals surface area contributed by atoms with Crippen molar-refractivity contribution in [2.45, 2.75) is 25.6 Å². The van der Waals surface area contributed by atoms with Gasteiger partial charge in [0.2, 0.25) is 0 Å². The number of nitrogens with zero attached hydrogens (tertiary/aromatic N) is 2. The molecule has 110 valence electrons. The molecular weight excluding hydrogens is 332 g/mol. The molecule has 0 aromatic carbocycles. The maximum atomic E-state index is 12.3. The number of nitro groups is 1. The van der Waals surface area contributed by atoms with Crippen LogP contribution in [0.3, 0.4) is 0 Å². The Labute approximate surface area is 124 Å². The minimum absolute atomic E-state index is 0.0253. The van der Waals surface area contributed by atoms with Crippen molar-refractivity contribution in [1.82, 2.24) is 4.90 Å². The summed E-state index contributed by atoms with van der Waals surface area (Å²) in [6, 6.07) is 2.51. The number of alkyl halides is 1. The fourth-order valence-electron chi connectivity index (χ4n) is 2.23. The monoisotopic (exact) mass is 346 g/mol. The van der Waals surface area contributed by atoms with Gasteiger partial charge in [-0.15, -0.1) is 0 Å². The number of hydrogen-bond acceptors (Lipinski definition) is 5. The van der Waals surface area contributed by atoms with E-state index in [0.29, 0.717) is 18.4 Å². The zero-order valence-electron chi connectivity index (χ0n) is 11.2.